The Bertz CT molecular complexity index is 56.9. The van der Waals surface area contributed by atoms with Crippen LogP contribution >= 0.6 is 0 Å². The van der Waals surface area contributed by atoms with E-state index in [4.69, 9.17) is 11.8 Å². The van der Waals surface area contributed by atoms with Crippen LogP contribution in [0.5, 0.6) is 0 Å². The molecule has 0 saturated carbocycles. The van der Waals surface area contributed by atoms with Gasteiger partial charge in [0, 0.05) is 6.42 Å². The summed E-state index contributed by atoms with van der Waals surface area (Å²) in [6.45, 7) is 2.07. The first-order valence-corrected chi connectivity index (χ1v) is 3.06. The summed E-state index contributed by atoms with van der Waals surface area (Å²) in [5, 5.41) is 0. The van der Waals surface area contributed by atoms with Gasteiger partial charge in [-0.25, -0.2) is 11.8 Å². The van der Waals surface area contributed by atoms with E-state index in [-0.39, 0.29) is 0 Å². The maximum absolute atomic E-state index is 4.82. The molecule has 0 aromatic heterocycles. The van der Waals surface area contributed by atoms with E-state index in [1.807, 2.05) is 0 Å². The third kappa shape index (κ3) is 4.35. The van der Waals surface area contributed by atoms with Gasteiger partial charge in [0.15, 0.2) is 6.29 Å². The molecule has 4 nitrogen and oxygen atoms in total. The molecule has 0 rings (SSSR count). The highest BCUT2D eigenvalue weighted by atomic mass is 16.8. The van der Waals surface area contributed by atoms with E-state index in [0.717, 1.165) is 19.3 Å². The summed E-state index contributed by atoms with van der Waals surface area (Å²) in [5.74, 6) is 9.64. The van der Waals surface area contributed by atoms with Gasteiger partial charge in [0.25, 0.3) is 0 Å². The summed E-state index contributed by atoms with van der Waals surface area (Å²) in [4.78, 5) is 8.71. The molecular weight excluding hydrogens is 120 g/mol. The molecule has 9 heavy (non-hydrogen) atoms. The molecule has 0 radical (unpaired) electrons. The van der Waals surface area contributed by atoms with Crippen LogP contribution in [0.3, 0.4) is 0 Å². The van der Waals surface area contributed by atoms with E-state index in [1.54, 1.807) is 0 Å². The van der Waals surface area contributed by atoms with Crippen LogP contribution in [0, 0.1) is 0 Å². The Morgan fingerprint density at radius 1 is 1.33 bits per heavy atom. The fourth-order valence-corrected chi connectivity index (χ4v) is 0.539. The van der Waals surface area contributed by atoms with E-state index in [9.17, 15) is 0 Å². The second-order valence-electron chi connectivity index (χ2n) is 1.84. The van der Waals surface area contributed by atoms with Crippen LogP contribution in [-0.4, -0.2) is 6.29 Å². The molecule has 56 valence electrons. The predicted molar refractivity (Wildman–Crippen MR) is 33.9 cm³/mol. The lowest BCUT2D eigenvalue weighted by atomic mass is 10.2. The minimum atomic E-state index is -0.440. The molecule has 0 aromatic rings. The van der Waals surface area contributed by atoms with Gasteiger partial charge in [0.05, 0.1) is 0 Å². The molecule has 0 amide bonds. The van der Waals surface area contributed by atoms with Crippen molar-refractivity contribution in [2.75, 3.05) is 0 Å². The minimum absolute atomic E-state index is 0.440. The van der Waals surface area contributed by atoms with Crippen LogP contribution in [0.1, 0.15) is 26.2 Å². The van der Waals surface area contributed by atoms with Crippen molar-refractivity contribution in [3.8, 4) is 0 Å². The highest BCUT2D eigenvalue weighted by Crippen LogP contribution is 2.01. The van der Waals surface area contributed by atoms with Gasteiger partial charge in [-0.05, 0) is 6.42 Å². The third-order valence-electron chi connectivity index (χ3n) is 1.10. The van der Waals surface area contributed by atoms with Gasteiger partial charge in [0.1, 0.15) is 0 Å². The van der Waals surface area contributed by atoms with Crippen molar-refractivity contribution in [2.24, 2.45) is 11.8 Å². The average Bonchev–Trinajstić information content (AvgIpc) is 1.91. The van der Waals surface area contributed by atoms with Crippen LogP contribution in [0.4, 0.5) is 0 Å². The first kappa shape index (κ1) is 8.84. The minimum Gasteiger partial charge on any atom is -0.271 e. The zero-order valence-electron chi connectivity index (χ0n) is 5.67. The zero-order valence-corrected chi connectivity index (χ0v) is 5.67. The van der Waals surface area contributed by atoms with Gasteiger partial charge in [-0.2, -0.15) is 0 Å². The molecule has 4 N–H and O–H groups in total. The number of nitrogens with two attached hydrogens (primary N) is 2. The topological polar surface area (TPSA) is 70.5 Å². The molecule has 0 bridgehead atoms. The van der Waals surface area contributed by atoms with Crippen molar-refractivity contribution < 1.29 is 9.68 Å². The Morgan fingerprint density at radius 2 is 1.89 bits per heavy atom. The average molecular weight is 134 g/mol. The Labute approximate surface area is 55.0 Å². The summed E-state index contributed by atoms with van der Waals surface area (Å²) < 4.78 is 0. The molecule has 0 saturated heterocycles. The summed E-state index contributed by atoms with van der Waals surface area (Å²) in [6, 6.07) is 0. The number of hydrogen-bond acceptors (Lipinski definition) is 4. The largest absolute Gasteiger partial charge is 0.271 e. The van der Waals surface area contributed by atoms with Crippen molar-refractivity contribution in [2.45, 2.75) is 32.5 Å². The fourth-order valence-electron chi connectivity index (χ4n) is 0.539. The van der Waals surface area contributed by atoms with Gasteiger partial charge in [-0.3, -0.25) is 9.68 Å². The van der Waals surface area contributed by atoms with Crippen molar-refractivity contribution in [3.05, 3.63) is 0 Å². The zero-order chi connectivity index (χ0) is 7.11. The smallest absolute Gasteiger partial charge is 0.196 e. The van der Waals surface area contributed by atoms with Gasteiger partial charge in [0.2, 0.25) is 0 Å². The van der Waals surface area contributed by atoms with Crippen molar-refractivity contribution in [1.82, 2.24) is 0 Å². The molecule has 0 spiro atoms. The van der Waals surface area contributed by atoms with Gasteiger partial charge in [-0.15, -0.1) is 0 Å². The second-order valence-corrected chi connectivity index (χ2v) is 1.84. The Morgan fingerprint density at radius 3 is 2.22 bits per heavy atom. The summed E-state index contributed by atoms with van der Waals surface area (Å²) in [5.41, 5.74) is 0. The van der Waals surface area contributed by atoms with Gasteiger partial charge >= 0.3 is 0 Å². The molecule has 0 aliphatic rings. The van der Waals surface area contributed by atoms with Crippen molar-refractivity contribution in [1.29, 1.82) is 0 Å². The molecule has 0 aliphatic carbocycles. The quantitative estimate of drug-likeness (QED) is 0.418. The highest BCUT2D eigenvalue weighted by molar-refractivity contribution is 4.40. The Balaban J connectivity index is 3.09. The molecule has 0 fully saturated rings. The maximum atomic E-state index is 4.82. The fraction of sp³-hybridized carbons (Fsp3) is 1.00. The first-order chi connectivity index (χ1) is 4.35. The lowest BCUT2D eigenvalue weighted by molar-refractivity contribution is -0.151. The SMILES string of the molecule is CCCCC(ON)ON. The van der Waals surface area contributed by atoms with Crippen LogP contribution in [0.25, 0.3) is 0 Å². The van der Waals surface area contributed by atoms with E-state index in [2.05, 4.69) is 16.6 Å². The van der Waals surface area contributed by atoms with E-state index >= 15 is 0 Å². The number of hydrogen-bond donors (Lipinski definition) is 2. The summed E-state index contributed by atoms with van der Waals surface area (Å²) in [7, 11) is 0. The van der Waals surface area contributed by atoms with Crippen LogP contribution in [0.15, 0.2) is 0 Å². The van der Waals surface area contributed by atoms with E-state index in [1.165, 1.54) is 0 Å². The van der Waals surface area contributed by atoms with E-state index < -0.39 is 6.29 Å². The normalized spacial score (nSPS) is 10.7. The second kappa shape index (κ2) is 5.97. The van der Waals surface area contributed by atoms with E-state index in [0.29, 0.717) is 0 Å². The molecule has 0 atom stereocenters. The molecule has 4 heteroatoms. The van der Waals surface area contributed by atoms with Crippen LogP contribution < -0.4 is 11.8 Å². The summed E-state index contributed by atoms with van der Waals surface area (Å²) >= 11 is 0. The standard InChI is InChI=1S/C5H14N2O2/c1-2-3-4-5(8-6)9-7/h5H,2-4,6-7H2,1H3. The summed E-state index contributed by atoms with van der Waals surface area (Å²) in [6.07, 6.45) is 2.41. The highest BCUT2D eigenvalue weighted by Gasteiger charge is 2.03. The number of rotatable bonds is 5. The maximum Gasteiger partial charge on any atom is 0.196 e. The third-order valence-corrected chi connectivity index (χ3v) is 1.10. The lowest BCUT2D eigenvalue weighted by Crippen LogP contribution is -2.23. The predicted octanol–water partition coefficient (Wildman–Crippen LogP) is 0.283. The molecule has 0 aromatic carbocycles. The van der Waals surface area contributed by atoms with Crippen molar-refractivity contribution in [3.63, 3.8) is 0 Å². The molecule has 0 unspecified atom stereocenters. The van der Waals surface area contributed by atoms with Crippen LogP contribution in [0.2, 0.25) is 0 Å². The van der Waals surface area contributed by atoms with Gasteiger partial charge in [-0.1, -0.05) is 13.3 Å². The Hall–Kier alpha value is -0.160. The van der Waals surface area contributed by atoms with Crippen LogP contribution in [-0.2, 0) is 9.68 Å². The Kier molecular flexibility index (Phi) is 5.86. The molecule has 0 aliphatic heterocycles. The monoisotopic (exact) mass is 134 g/mol. The van der Waals surface area contributed by atoms with Crippen molar-refractivity contribution >= 4 is 0 Å². The first-order valence-electron chi connectivity index (χ1n) is 3.06. The van der Waals surface area contributed by atoms with Gasteiger partial charge < -0.3 is 0 Å². The number of unbranched alkanes of at least 4 members (excludes halogenated alkanes) is 1. The molecular formula is C5H14N2O2. The lowest BCUT2D eigenvalue weighted by Gasteiger charge is -2.09. The molecule has 0 heterocycles.